The van der Waals surface area contributed by atoms with Crippen molar-refractivity contribution >= 4 is 24.2 Å². The normalized spacial score (nSPS) is 13.0. The molecule has 0 aliphatic heterocycles. The molecule has 0 N–H and O–H groups in total. The third-order valence-electron chi connectivity index (χ3n) is 18.3. The van der Waals surface area contributed by atoms with Crippen molar-refractivity contribution in [1.82, 2.24) is 9.80 Å². The van der Waals surface area contributed by atoms with Crippen LogP contribution >= 0.6 is 0 Å². The van der Waals surface area contributed by atoms with E-state index >= 15 is 0 Å². The van der Waals surface area contributed by atoms with Crippen LogP contribution in [0.25, 0.3) is 0 Å². The lowest BCUT2D eigenvalue weighted by atomic mass is 9.95. The molecule has 0 aromatic carbocycles. The van der Waals surface area contributed by atoms with Crippen LogP contribution in [0, 0.1) is 11.8 Å². The molecule has 88 heavy (non-hydrogen) atoms. The molecule has 4 unspecified atom stereocenters. The lowest BCUT2D eigenvalue weighted by Gasteiger charge is -2.26. The van der Waals surface area contributed by atoms with Crippen molar-refractivity contribution in [3.05, 3.63) is 0 Å². The van der Waals surface area contributed by atoms with Crippen LogP contribution in [-0.2, 0) is 38.0 Å². The van der Waals surface area contributed by atoms with Gasteiger partial charge in [-0.25, -0.2) is 9.59 Å². The lowest BCUT2D eigenvalue weighted by molar-refractivity contribution is -0.146. The maximum atomic E-state index is 13.2. The van der Waals surface area contributed by atoms with E-state index in [0.717, 1.165) is 167 Å². The van der Waals surface area contributed by atoms with Gasteiger partial charge in [0, 0.05) is 39.0 Å². The van der Waals surface area contributed by atoms with Crippen molar-refractivity contribution in [3.63, 3.8) is 0 Å². The van der Waals surface area contributed by atoms with Crippen LogP contribution in [-0.4, -0.2) is 112 Å². The van der Waals surface area contributed by atoms with Gasteiger partial charge in [0.1, 0.15) is 25.4 Å². The van der Waals surface area contributed by atoms with E-state index in [4.69, 9.17) is 28.4 Å². The Kier molecular flexibility index (Phi) is 65.3. The highest BCUT2D eigenvalue weighted by atomic mass is 16.7. The predicted octanol–water partition coefficient (Wildman–Crippen LogP) is 22.6. The fourth-order valence-corrected chi connectivity index (χ4v) is 12.2. The van der Waals surface area contributed by atoms with Crippen LogP contribution in [0.3, 0.4) is 0 Å². The number of rotatable bonds is 69. The average Bonchev–Trinajstić information content (AvgIpc) is 3.55. The zero-order valence-corrected chi connectivity index (χ0v) is 59.7. The summed E-state index contributed by atoms with van der Waals surface area (Å²) in [5.41, 5.74) is 0. The summed E-state index contributed by atoms with van der Waals surface area (Å²) in [4.78, 5) is 56.4. The van der Waals surface area contributed by atoms with Crippen molar-refractivity contribution < 1.29 is 47.6 Å². The van der Waals surface area contributed by atoms with E-state index < -0.39 is 12.3 Å². The number of ether oxygens (including phenoxy) is 6. The molecule has 0 heterocycles. The van der Waals surface area contributed by atoms with Gasteiger partial charge in [-0.2, -0.15) is 0 Å². The van der Waals surface area contributed by atoms with E-state index in [0.29, 0.717) is 51.0 Å². The van der Waals surface area contributed by atoms with Crippen LogP contribution in [0.5, 0.6) is 0 Å². The summed E-state index contributed by atoms with van der Waals surface area (Å²) < 4.78 is 35.1. The number of unbranched alkanes of at least 4 members (excludes halogenated alkanes) is 32. The van der Waals surface area contributed by atoms with E-state index in [2.05, 4.69) is 65.2 Å². The molecule has 0 saturated heterocycles. The molecule has 0 aromatic rings. The first-order valence-corrected chi connectivity index (χ1v) is 38.5. The van der Waals surface area contributed by atoms with Crippen LogP contribution < -0.4 is 0 Å². The van der Waals surface area contributed by atoms with Crippen molar-refractivity contribution in [1.29, 1.82) is 0 Å². The fraction of sp³-hybridized carbons (Fsp3) is 0.947. The molecule has 0 aliphatic carbocycles. The highest BCUT2D eigenvalue weighted by molar-refractivity contribution is 5.69. The molecule has 0 saturated carbocycles. The van der Waals surface area contributed by atoms with Crippen molar-refractivity contribution in [2.75, 3.05) is 65.7 Å². The molecule has 0 rings (SSSR count). The molecule has 522 valence electrons. The molecule has 12 heteroatoms. The van der Waals surface area contributed by atoms with Gasteiger partial charge in [0.2, 0.25) is 0 Å². The summed E-state index contributed by atoms with van der Waals surface area (Å²) >= 11 is 0. The fourth-order valence-electron chi connectivity index (χ4n) is 12.2. The number of likely N-dealkylation sites (N-methyl/N-ethyl adjacent to an activating group) is 1. The average molecular weight is 1250 g/mol. The van der Waals surface area contributed by atoms with Crippen LogP contribution in [0.1, 0.15) is 376 Å². The molecular weight excluding hydrogens is 1100 g/mol. The number of hydrogen-bond acceptors (Lipinski definition) is 12. The molecule has 0 amide bonds. The summed E-state index contributed by atoms with van der Waals surface area (Å²) in [7, 11) is 0. The first-order chi connectivity index (χ1) is 43.1. The van der Waals surface area contributed by atoms with Crippen molar-refractivity contribution in [3.8, 4) is 0 Å². The number of hydrogen-bond donors (Lipinski definition) is 0. The van der Waals surface area contributed by atoms with Gasteiger partial charge in [0.15, 0.2) is 0 Å². The molecule has 0 spiro atoms. The molecule has 4 atom stereocenters. The van der Waals surface area contributed by atoms with Gasteiger partial charge in [-0.1, -0.05) is 274 Å². The first kappa shape index (κ1) is 85.4. The van der Waals surface area contributed by atoms with Crippen LogP contribution in [0.2, 0.25) is 0 Å². The third kappa shape index (κ3) is 58.5. The second kappa shape index (κ2) is 67.3. The molecule has 0 fully saturated rings. The highest BCUT2D eigenvalue weighted by Gasteiger charge is 2.20. The van der Waals surface area contributed by atoms with Gasteiger partial charge in [-0.15, -0.1) is 0 Å². The Bertz CT molecular complexity index is 1400. The summed E-state index contributed by atoms with van der Waals surface area (Å²) in [5.74, 6) is 0.936. The highest BCUT2D eigenvalue weighted by Crippen LogP contribution is 2.24. The summed E-state index contributed by atoms with van der Waals surface area (Å²) in [5, 5.41) is 0. The minimum Gasteiger partial charge on any atom is -0.465 e. The Labute approximate surface area is 545 Å². The van der Waals surface area contributed by atoms with E-state index in [-0.39, 0.29) is 37.4 Å². The van der Waals surface area contributed by atoms with Gasteiger partial charge in [-0.3, -0.25) is 14.5 Å². The van der Waals surface area contributed by atoms with Crippen molar-refractivity contribution in [2.45, 2.75) is 389 Å². The Hall–Kier alpha value is -2.60. The molecule has 0 radical (unpaired) electrons. The SMILES string of the molecule is CCCCCCCCC(CCCCCC)COC(=O)CCCCCCCCC(CCCCCC)OC(=O)OCCN(CCOC(=O)OC(CCCCCC)CCCCCCCCC(=O)OCC(CCCCCC)CCCCCCCC)CCN(CC)CC. The third-order valence-corrected chi connectivity index (χ3v) is 18.3. The van der Waals surface area contributed by atoms with E-state index in [9.17, 15) is 19.2 Å². The van der Waals surface area contributed by atoms with Crippen molar-refractivity contribution in [2.24, 2.45) is 11.8 Å². The molecule has 12 nitrogen and oxygen atoms in total. The zero-order chi connectivity index (χ0) is 64.4. The second-order valence-corrected chi connectivity index (χ2v) is 26.5. The van der Waals surface area contributed by atoms with E-state index in [1.807, 2.05) is 0 Å². The van der Waals surface area contributed by atoms with Gasteiger partial charge in [0.25, 0.3) is 0 Å². The van der Waals surface area contributed by atoms with E-state index in [1.54, 1.807) is 0 Å². The molecule has 0 aliphatic rings. The second-order valence-electron chi connectivity index (χ2n) is 26.5. The molecular formula is C76H148N2O10. The minimum absolute atomic E-state index is 0.0324. The Morgan fingerprint density at radius 2 is 0.523 bits per heavy atom. The Balaban J connectivity index is 4.96. The number of esters is 2. The summed E-state index contributed by atoms with van der Waals surface area (Å²) in [6, 6.07) is 0. The Morgan fingerprint density at radius 1 is 0.273 bits per heavy atom. The summed E-state index contributed by atoms with van der Waals surface area (Å²) in [6.45, 7) is 23.9. The van der Waals surface area contributed by atoms with E-state index in [1.165, 1.54) is 167 Å². The number of carbonyl (C=O) groups is 4. The van der Waals surface area contributed by atoms with Crippen LogP contribution in [0.15, 0.2) is 0 Å². The lowest BCUT2D eigenvalue weighted by Crippen LogP contribution is -2.39. The maximum Gasteiger partial charge on any atom is 0.508 e. The summed E-state index contributed by atoms with van der Waals surface area (Å²) in [6.07, 6.45) is 54.6. The number of nitrogens with zero attached hydrogens (tertiary/aromatic N) is 2. The first-order valence-electron chi connectivity index (χ1n) is 38.5. The van der Waals surface area contributed by atoms with Gasteiger partial charge in [0.05, 0.1) is 13.2 Å². The van der Waals surface area contributed by atoms with Crippen LogP contribution in [0.4, 0.5) is 9.59 Å². The van der Waals surface area contributed by atoms with Gasteiger partial charge >= 0.3 is 24.2 Å². The topological polar surface area (TPSA) is 130 Å². The number of carbonyl (C=O) groups excluding carboxylic acids is 4. The van der Waals surface area contributed by atoms with Gasteiger partial charge < -0.3 is 33.3 Å². The largest absolute Gasteiger partial charge is 0.508 e. The predicted molar refractivity (Wildman–Crippen MR) is 370 cm³/mol. The van der Waals surface area contributed by atoms with Gasteiger partial charge in [-0.05, 0) is 115 Å². The molecule has 0 bridgehead atoms. The smallest absolute Gasteiger partial charge is 0.465 e. The zero-order valence-electron chi connectivity index (χ0n) is 59.7. The monoisotopic (exact) mass is 1250 g/mol. The standard InChI is InChI=1S/C76H148N2O10/c1-9-17-23-29-35-43-53-69(51-41-25-19-11-3)67-85-73(79)59-49-39-33-31-37-47-57-71(55-45-27-21-13-5)87-75(81)83-65-63-78(62-61-77(15-7)16-8)64-66-84-76(82)88-72(56-46-28-22-14-6)58-48-38-32-34-40-50-60-74(80)86-68-70(52-42-26-20-12-4)54-44-36-30-24-18-10-2/h69-72H,9-68H2,1-8H3. The Morgan fingerprint density at radius 3 is 0.818 bits per heavy atom. The quantitative estimate of drug-likeness (QED) is 0.0326. The molecule has 0 aromatic heterocycles. The maximum absolute atomic E-state index is 13.2. The minimum atomic E-state index is -0.603.